The van der Waals surface area contributed by atoms with E-state index in [1.54, 1.807) is 0 Å². The molecule has 3 heterocycles. The van der Waals surface area contributed by atoms with Gasteiger partial charge in [-0.25, -0.2) is 10.8 Å². The molecule has 10 heteroatoms. The second kappa shape index (κ2) is 6.41. The number of hydrogen-bond acceptors (Lipinski definition) is 9. The number of nitrogens with two attached hydrogens (primary N) is 1. The fourth-order valence-corrected chi connectivity index (χ4v) is 2.14. The predicted molar refractivity (Wildman–Crippen MR) is 74.6 cm³/mol. The van der Waals surface area contributed by atoms with E-state index in [0.29, 0.717) is 18.0 Å². The minimum absolute atomic E-state index is 0.259. The van der Waals surface area contributed by atoms with E-state index in [-0.39, 0.29) is 5.95 Å². The summed E-state index contributed by atoms with van der Waals surface area (Å²) in [5.74, 6) is 6.41. The summed E-state index contributed by atoms with van der Waals surface area (Å²) in [6.07, 6.45) is 6.39. The van der Waals surface area contributed by atoms with Gasteiger partial charge in [0.1, 0.15) is 12.7 Å². The van der Waals surface area contributed by atoms with Gasteiger partial charge in [-0.05, 0) is 19.3 Å². The summed E-state index contributed by atoms with van der Waals surface area (Å²) in [6.45, 7) is 1.57. The molecule has 1 unspecified atom stereocenters. The fourth-order valence-electron chi connectivity index (χ4n) is 2.14. The van der Waals surface area contributed by atoms with E-state index in [0.717, 1.165) is 32.4 Å². The number of nitrogen functional groups attached to an aromatic ring is 1. The molecule has 1 aliphatic heterocycles. The second-order valence-electron chi connectivity index (χ2n) is 4.62. The number of anilines is 2. The molecular weight excluding hydrogens is 274 g/mol. The summed E-state index contributed by atoms with van der Waals surface area (Å²) in [4.78, 5) is 16.4. The highest BCUT2D eigenvalue weighted by Crippen LogP contribution is 2.15. The van der Waals surface area contributed by atoms with Crippen LogP contribution < -0.4 is 16.6 Å². The van der Waals surface area contributed by atoms with E-state index >= 15 is 0 Å². The van der Waals surface area contributed by atoms with Crippen LogP contribution in [0.25, 0.3) is 5.95 Å². The van der Waals surface area contributed by atoms with E-state index in [1.807, 2.05) is 0 Å². The Bertz CT molecular complexity index is 567. The molecule has 0 saturated carbocycles. The van der Waals surface area contributed by atoms with E-state index < -0.39 is 0 Å². The summed E-state index contributed by atoms with van der Waals surface area (Å²) in [7, 11) is 0. The lowest BCUT2D eigenvalue weighted by Crippen LogP contribution is -2.18. The number of hydrazine groups is 1. The van der Waals surface area contributed by atoms with Gasteiger partial charge in [-0.15, -0.1) is 0 Å². The number of aromatic nitrogens is 6. The van der Waals surface area contributed by atoms with Crippen LogP contribution in [0.2, 0.25) is 0 Å². The number of ether oxygens (including phenoxy) is 1. The number of hydrogen-bond donors (Lipinski definition) is 3. The lowest BCUT2D eigenvalue weighted by Gasteiger charge is -2.11. The molecule has 2 aromatic rings. The Labute approximate surface area is 121 Å². The minimum atomic E-state index is 0.259. The quantitative estimate of drug-likeness (QED) is 0.486. The third-order valence-corrected chi connectivity index (χ3v) is 3.15. The Balaban J connectivity index is 1.67. The van der Waals surface area contributed by atoms with Gasteiger partial charge in [0.15, 0.2) is 0 Å². The summed E-state index contributed by atoms with van der Waals surface area (Å²) in [6, 6.07) is 0. The van der Waals surface area contributed by atoms with Crippen molar-refractivity contribution >= 4 is 11.9 Å². The lowest BCUT2D eigenvalue weighted by molar-refractivity contribution is 0.107. The summed E-state index contributed by atoms with van der Waals surface area (Å²) in [5.41, 5.74) is 2.41. The van der Waals surface area contributed by atoms with Crippen LogP contribution in [0.15, 0.2) is 12.7 Å². The van der Waals surface area contributed by atoms with E-state index in [4.69, 9.17) is 10.6 Å². The van der Waals surface area contributed by atoms with Gasteiger partial charge < -0.3 is 10.1 Å². The van der Waals surface area contributed by atoms with Crippen molar-refractivity contribution in [3.05, 3.63) is 12.7 Å². The molecule has 0 spiro atoms. The first-order valence-corrected chi connectivity index (χ1v) is 6.78. The molecule has 2 aromatic heterocycles. The third kappa shape index (κ3) is 3.41. The Morgan fingerprint density at radius 2 is 2.24 bits per heavy atom. The van der Waals surface area contributed by atoms with Crippen molar-refractivity contribution in [3.63, 3.8) is 0 Å². The zero-order chi connectivity index (χ0) is 14.5. The zero-order valence-electron chi connectivity index (χ0n) is 11.4. The van der Waals surface area contributed by atoms with Gasteiger partial charge in [-0.2, -0.15) is 24.7 Å². The Hall–Kier alpha value is -2.33. The molecule has 1 fully saturated rings. The molecule has 21 heavy (non-hydrogen) atoms. The van der Waals surface area contributed by atoms with Gasteiger partial charge in [0, 0.05) is 13.2 Å². The number of nitrogens with zero attached hydrogens (tertiary/aromatic N) is 6. The van der Waals surface area contributed by atoms with Crippen LogP contribution in [0.4, 0.5) is 11.9 Å². The summed E-state index contributed by atoms with van der Waals surface area (Å²) in [5, 5.41) is 7.13. The monoisotopic (exact) mass is 291 g/mol. The molecule has 0 bridgehead atoms. The minimum Gasteiger partial charge on any atom is -0.378 e. The number of rotatable bonds is 6. The molecule has 10 nitrogen and oxygen atoms in total. The third-order valence-electron chi connectivity index (χ3n) is 3.15. The number of nitrogens with one attached hydrogen (secondary N) is 2. The molecule has 0 aromatic carbocycles. The highest BCUT2D eigenvalue weighted by atomic mass is 16.5. The van der Waals surface area contributed by atoms with Gasteiger partial charge >= 0.3 is 0 Å². The Morgan fingerprint density at radius 3 is 2.95 bits per heavy atom. The molecule has 1 aliphatic rings. The van der Waals surface area contributed by atoms with Crippen LogP contribution >= 0.6 is 0 Å². The predicted octanol–water partition coefficient (Wildman–Crippen LogP) is -0.281. The summed E-state index contributed by atoms with van der Waals surface area (Å²) < 4.78 is 7.01. The van der Waals surface area contributed by atoms with E-state index in [9.17, 15) is 0 Å². The molecule has 112 valence electrons. The van der Waals surface area contributed by atoms with Crippen LogP contribution in [0, 0.1) is 0 Å². The van der Waals surface area contributed by atoms with Crippen molar-refractivity contribution in [3.8, 4) is 5.95 Å². The lowest BCUT2D eigenvalue weighted by atomic mass is 10.2. The van der Waals surface area contributed by atoms with Crippen LogP contribution in [-0.2, 0) is 4.74 Å². The van der Waals surface area contributed by atoms with Crippen LogP contribution in [0.1, 0.15) is 19.3 Å². The Kier molecular flexibility index (Phi) is 4.17. The average molecular weight is 291 g/mol. The van der Waals surface area contributed by atoms with Crippen LogP contribution in [0.3, 0.4) is 0 Å². The van der Waals surface area contributed by atoms with Crippen molar-refractivity contribution in [2.75, 3.05) is 23.9 Å². The molecule has 3 rings (SSSR count). The maximum Gasteiger partial charge on any atom is 0.258 e. The molecule has 0 aliphatic carbocycles. The van der Waals surface area contributed by atoms with Crippen molar-refractivity contribution < 1.29 is 4.74 Å². The molecule has 1 atom stereocenters. The van der Waals surface area contributed by atoms with Gasteiger partial charge in [-0.3, -0.25) is 5.43 Å². The highest BCUT2D eigenvalue weighted by molar-refractivity contribution is 5.36. The first kappa shape index (κ1) is 13.6. The topological polar surface area (TPSA) is 129 Å². The zero-order valence-corrected chi connectivity index (χ0v) is 11.4. The van der Waals surface area contributed by atoms with Gasteiger partial charge in [-0.1, -0.05) is 0 Å². The molecule has 1 saturated heterocycles. The largest absolute Gasteiger partial charge is 0.378 e. The van der Waals surface area contributed by atoms with Gasteiger partial charge in [0.25, 0.3) is 5.95 Å². The maximum absolute atomic E-state index is 5.57. The SMILES string of the molecule is NNc1nc(NCCC2CCCO2)nc(-n2cncn2)n1. The Morgan fingerprint density at radius 1 is 1.33 bits per heavy atom. The van der Waals surface area contributed by atoms with Crippen molar-refractivity contribution in [2.45, 2.75) is 25.4 Å². The maximum atomic E-state index is 5.57. The molecule has 0 amide bonds. The van der Waals surface area contributed by atoms with Crippen LogP contribution in [0.5, 0.6) is 0 Å². The molecular formula is C11H17N9O. The first-order chi connectivity index (χ1) is 10.3. The summed E-state index contributed by atoms with van der Waals surface area (Å²) >= 11 is 0. The van der Waals surface area contributed by atoms with Crippen molar-refractivity contribution in [1.82, 2.24) is 29.7 Å². The van der Waals surface area contributed by atoms with Gasteiger partial charge in [0.2, 0.25) is 11.9 Å². The van der Waals surface area contributed by atoms with Gasteiger partial charge in [0.05, 0.1) is 6.10 Å². The molecule has 4 N–H and O–H groups in total. The van der Waals surface area contributed by atoms with Crippen LogP contribution in [-0.4, -0.2) is 49.0 Å². The standard InChI is InChI=1S/C11H17N9O/c12-19-10-16-9(14-4-3-8-2-1-5-21-8)17-11(18-10)20-7-13-6-15-20/h6-8H,1-5,12H2,(H2,14,16,17,18,19). The van der Waals surface area contributed by atoms with Crippen molar-refractivity contribution in [2.24, 2.45) is 5.84 Å². The van der Waals surface area contributed by atoms with E-state index in [2.05, 4.69) is 35.8 Å². The molecule has 0 radical (unpaired) electrons. The smallest absolute Gasteiger partial charge is 0.258 e. The van der Waals surface area contributed by atoms with E-state index in [1.165, 1.54) is 17.3 Å². The highest BCUT2D eigenvalue weighted by Gasteiger charge is 2.15. The normalized spacial score (nSPS) is 17.9. The second-order valence-corrected chi connectivity index (χ2v) is 4.62. The fraction of sp³-hybridized carbons (Fsp3) is 0.545. The first-order valence-electron chi connectivity index (χ1n) is 6.78. The average Bonchev–Trinajstić information content (AvgIpc) is 3.20. The van der Waals surface area contributed by atoms with Crippen molar-refractivity contribution in [1.29, 1.82) is 0 Å².